The molecule has 2 aliphatic rings. The van der Waals surface area contributed by atoms with Crippen LogP contribution in [0.15, 0.2) is 4.99 Å². The van der Waals surface area contributed by atoms with E-state index in [4.69, 9.17) is 15.2 Å². The molecule has 0 radical (unpaired) electrons. The number of rotatable bonds is 5. The van der Waals surface area contributed by atoms with Crippen LogP contribution in [0.3, 0.4) is 0 Å². The lowest BCUT2D eigenvalue weighted by molar-refractivity contribution is -0.119. The van der Waals surface area contributed by atoms with Crippen LogP contribution in [0.2, 0.25) is 0 Å². The third-order valence-electron chi connectivity index (χ3n) is 4.93. The second-order valence-corrected chi connectivity index (χ2v) is 6.52. The van der Waals surface area contributed by atoms with Crippen LogP contribution < -0.4 is 11.1 Å². The summed E-state index contributed by atoms with van der Waals surface area (Å²) >= 11 is 0. The highest BCUT2D eigenvalue weighted by Crippen LogP contribution is 2.24. The number of nitrogens with one attached hydrogen (secondary N) is 1. The van der Waals surface area contributed by atoms with Crippen molar-refractivity contribution in [2.75, 3.05) is 47.0 Å². The van der Waals surface area contributed by atoms with Crippen LogP contribution in [0.4, 0.5) is 0 Å². The van der Waals surface area contributed by atoms with E-state index in [-0.39, 0.29) is 35.5 Å². The highest BCUT2D eigenvalue weighted by atomic mass is 127. The molecule has 0 aromatic carbocycles. The first-order valence-electron chi connectivity index (χ1n) is 8.45. The Morgan fingerprint density at radius 2 is 2.17 bits per heavy atom. The van der Waals surface area contributed by atoms with Crippen molar-refractivity contribution in [2.45, 2.75) is 37.7 Å². The van der Waals surface area contributed by atoms with E-state index in [0.717, 1.165) is 64.5 Å². The highest BCUT2D eigenvalue weighted by molar-refractivity contribution is 14.0. The van der Waals surface area contributed by atoms with Crippen LogP contribution in [0, 0.1) is 5.92 Å². The van der Waals surface area contributed by atoms with Crippen molar-refractivity contribution in [3.8, 4) is 0 Å². The average molecular weight is 454 g/mol. The molecular weight excluding hydrogens is 423 g/mol. The molecule has 140 valence electrons. The molecule has 1 unspecified atom stereocenters. The van der Waals surface area contributed by atoms with Crippen molar-refractivity contribution < 1.29 is 14.3 Å². The molecule has 2 aliphatic heterocycles. The van der Waals surface area contributed by atoms with Crippen molar-refractivity contribution in [3.63, 3.8) is 0 Å². The van der Waals surface area contributed by atoms with Crippen LogP contribution in [0.5, 0.6) is 0 Å². The molecule has 2 fully saturated rings. The number of methoxy groups -OCH3 is 1. The predicted octanol–water partition coefficient (Wildman–Crippen LogP) is 0.963. The predicted molar refractivity (Wildman–Crippen MR) is 105 cm³/mol. The van der Waals surface area contributed by atoms with Gasteiger partial charge in [0.25, 0.3) is 0 Å². The van der Waals surface area contributed by atoms with E-state index in [1.807, 2.05) is 0 Å². The van der Waals surface area contributed by atoms with Crippen molar-refractivity contribution in [2.24, 2.45) is 16.6 Å². The summed E-state index contributed by atoms with van der Waals surface area (Å²) in [5.41, 5.74) is 5.15. The van der Waals surface area contributed by atoms with Crippen molar-refractivity contribution in [1.82, 2.24) is 10.2 Å². The van der Waals surface area contributed by atoms with Gasteiger partial charge in [-0.3, -0.25) is 9.79 Å². The van der Waals surface area contributed by atoms with Crippen LogP contribution in [0.1, 0.15) is 32.1 Å². The molecule has 3 N–H and O–H groups in total. The van der Waals surface area contributed by atoms with Gasteiger partial charge in [0.05, 0.1) is 5.60 Å². The van der Waals surface area contributed by atoms with Crippen LogP contribution in [-0.2, 0) is 14.3 Å². The summed E-state index contributed by atoms with van der Waals surface area (Å²) in [6.07, 6.45) is 4.33. The quantitative estimate of drug-likeness (QED) is 0.367. The number of aliphatic imine (C=N–C) groups is 1. The number of ether oxygens (including phenoxy) is 2. The van der Waals surface area contributed by atoms with E-state index in [1.165, 1.54) is 0 Å². The zero-order valence-electron chi connectivity index (χ0n) is 14.8. The molecule has 0 bridgehead atoms. The monoisotopic (exact) mass is 454 g/mol. The Labute approximate surface area is 161 Å². The summed E-state index contributed by atoms with van der Waals surface area (Å²) < 4.78 is 11.2. The Kier molecular flexibility index (Phi) is 9.28. The van der Waals surface area contributed by atoms with Gasteiger partial charge < -0.3 is 25.4 Å². The maximum absolute atomic E-state index is 11.2. The van der Waals surface area contributed by atoms with Gasteiger partial charge in [-0.2, -0.15) is 0 Å². The van der Waals surface area contributed by atoms with Gasteiger partial charge >= 0.3 is 0 Å². The van der Waals surface area contributed by atoms with Crippen molar-refractivity contribution in [3.05, 3.63) is 0 Å². The minimum atomic E-state index is -0.222. The summed E-state index contributed by atoms with van der Waals surface area (Å²) in [6.45, 7) is 3.97. The Balaban J connectivity index is 0.00000288. The maximum atomic E-state index is 11.2. The third-order valence-corrected chi connectivity index (χ3v) is 4.93. The molecule has 0 aromatic heterocycles. The molecule has 0 aromatic rings. The van der Waals surface area contributed by atoms with Gasteiger partial charge in [0.15, 0.2) is 5.96 Å². The number of primary amides is 1. The summed E-state index contributed by atoms with van der Waals surface area (Å²) in [4.78, 5) is 17.8. The minimum Gasteiger partial charge on any atom is -0.381 e. The molecule has 0 saturated carbocycles. The number of hydrogen-bond acceptors (Lipinski definition) is 4. The molecule has 2 rings (SSSR count). The first kappa shape index (κ1) is 21.4. The van der Waals surface area contributed by atoms with Gasteiger partial charge in [0.2, 0.25) is 5.91 Å². The molecule has 2 saturated heterocycles. The fourth-order valence-corrected chi connectivity index (χ4v) is 3.48. The molecule has 0 spiro atoms. The van der Waals surface area contributed by atoms with Gasteiger partial charge in [-0.25, -0.2) is 0 Å². The van der Waals surface area contributed by atoms with E-state index in [0.29, 0.717) is 12.3 Å². The molecule has 1 atom stereocenters. The van der Waals surface area contributed by atoms with Crippen molar-refractivity contribution >= 4 is 35.8 Å². The van der Waals surface area contributed by atoms with Gasteiger partial charge in [0, 0.05) is 66.3 Å². The SMILES string of the molecule is CN=C(NCC1(OC)CCOCC1)N1CCCC(CC(N)=O)C1.I. The summed E-state index contributed by atoms with van der Waals surface area (Å²) in [6, 6.07) is 0. The zero-order chi connectivity index (χ0) is 16.7. The summed E-state index contributed by atoms with van der Waals surface area (Å²) in [5.74, 6) is 0.974. The van der Waals surface area contributed by atoms with E-state index in [9.17, 15) is 4.79 Å². The second-order valence-electron chi connectivity index (χ2n) is 6.52. The summed E-state index contributed by atoms with van der Waals surface area (Å²) in [7, 11) is 3.56. The standard InChI is InChI=1S/C16H30N4O3.HI/c1-18-15(19-12-16(22-2)5-8-23-9-6-16)20-7-3-4-13(11-20)10-14(17)21;/h13H,3-12H2,1-2H3,(H2,17,21)(H,18,19);1H. The van der Waals surface area contributed by atoms with Crippen molar-refractivity contribution in [1.29, 1.82) is 0 Å². The molecule has 8 heteroatoms. The highest BCUT2D eigenvalue weighted by Gasteiger charge is 2.33. The number of nitrogens with two attached hydrogens (primary N) is 1. The number of amides is 1. The lowest BCUT2D eigenvalue weighted by Crippen LogP contribution is -2.53. The minimum absolute atomic E-state index is 0. The number of piperidine rings is 1. The van der Waals surface area contributed by atoms with E-state index < -0.39 is 0 Å². The van der Waals surface area contributed by atoms with Crippen LogP contribution in [0.25, 0.3) is 0 Å². The number of nitrogens with zero attached hydrogens (tertiary/aromatic N) is 2. The lowest BCUT2D eigenvalue weighted by atomic mass is 9.93. The normalized spacial score (nSPS) is 24.2. The number of carbonyl (C=O) groups excluding carboxylic acids is 1. The maximum Gasteiger partial charge on any atom is 0.217 e. The molecule has 0 aliphatic carbocycles. The zero-order valence-corrected chi connectivity index (χ0v) is 17.1. The topological polar surface area (TPSA) is 89.2 Å². The smallest absolute Gasteiger partial charge is 0.217 e. The molecule has 24 heavy (non-hydrogen) atoms. The molecule has 2 heterocycles. The number of carbonyl (C=O) groups is 1. The Bertz CT molecular complexity index is 428. The van der Waals surface area contributed by atoms with E-state index in [2.05, 4.69) is 15.2 Å². The van der Waals surface area contributed by atoms with Gasteiger partial charge in [-0.15, -0.1) is 24.0 Å². The Morgan fingerprint density at radius 3 is 2.75 bits per heavy atom. The van der Waals surface area contributed by atoms with Crippen LogP contribution >= 0.6 is 24.0 Å². The Hall–Kier alpha value is -0.610. The first-order valence-corrected chi connectivity index (χ1v) is 8.45. The number of halogens is 1. The number of likely N-dealkylation sites (tertiary alicyclic amines) is 1. The average Bonchev–Trinajstić information content (AvgIpc) is 2.56. The molecule has 1 amide bonds. The van der Waals surface area contributed by atoms with E-state index >= 15 is 0 Å². The number of hydrogen-bond donors (Lipinski definition) is 2. The summed E-state index contributed by atoms with van der Waals surface area (Å²) in [5, 5.41) is 3.45. The third kappa shape index (κ3) is 6.03. The largest absolute Gasteiger partial charge is 0.381 e. The first-order chi connectivity index (χ1) is 11.1. The van der Waals surface area contributed by atoms with Gasteiger partial charge in [0.1, 0.15) is 0 Å². The molecular formula is C16H31IN4O3. The fraction of sp³-hybridized carbons (Fsp3) is 0.875. The van der Waals surface area contributed by atoms with E-state index in [1.54, 1.807) is 14.2 Å². The van der Waals surface area contributed by atoms with Gasteiger partial charge in [-0.1, -0.05) is 0 Å². The van der Waals surface area contributed by atoms with Gasteiger partial charge in [-0.05, 0) is 18.8 Å². The number of guanidine groups is 1. The van der Waals surface area contributed by atoms with Crippen LogP contribution in [-0.4, -0.2) is 69.4 Å². The fourth-order valence-electron chi connectivity index (χ4n) is 3.48. The second kappa shape index (κ2) is 10.4. The lowest BCUT2D eigenvalue weighted by Gasteiger charge is -2.39. The molecule has 7 nitrogen and oxygen atoms in total. The Morgan fingerprint density at radius 1 is 1.46 bits per heavy atom.